The van der Waals surface area contributed by atoms with Crippen molar-refractivity contribution in [1.82, 2.24) is 9.47 Å². The van der Waals surface area contributed by atoms with Gasteiger partial charge in [0.1, 0.15) is 10.6 Å². The molecule has 0 bridgehead atoms. The van der Waals surface area contributed by atoms with Gasteiger partial charge in [0, 0.05) is 19.8 Å². The van der Waals surface area contributed by atoms with Crippen LogP contribution in [0.5, 0.6) is 0 Å². The maximum atomic E-state index is 12.6. The summed E-state index contributed by atoms with van der Waals surface area (Å²) in [4.78, 5) is 13.2. The molecule has 1 rings (SSSR count). The molecule has 21 heavy (non-hydrogen) atoms. The fraction of sp³-hybridized carbons (Fsp3) is 0.583. The highest BCUT2D eigenvalue weighted by atomic mass is 32.2. The van der Waals surface area contributed by atoms with E-state index in [0.29, 0.717) is 6.54 Å². The van der Waals surface area contributed by atoms with Crippen molar-refractivity contribution >= 4 is 15.9 Å². The summed E-state index contributed by atoms with van der Waals surface area (Å²) in [6, 6.07) is 1.02. The van der Waals surface area contributed by atoms with Gasteiger partial charge in [0.25, 0.3) is 12.3 Å². The Morgan fingerprint density at radius 2 is 2.00 bits per heavy atom. The summed E-state index contributed by atoms with van der Waals surface area (Å²) < 4.78 is 48.6. The van der Waals surface area contributed by atoms with Crippen molar-refractivity contribution in [2.45, 2.75) is 31.7 Å². The van der Waals surface area contributed by atoms with Gasteiger partial charge in [-0.2, -0.15) is 0 Å². The van der Waals surface area contributed by atoms with Crippen LogP contribution in [0.3, 0.4) is 0 Å². The van der Waals surface area contributed by atoms with Gasteiger partial charge in [-0.1, -0.05) is 13.8 Å². The fourth-order valence-corrected chi connectivity index (χ4v) is 2.49. The Bertz CT molecular complexity index is 611. The molecule has 0 radical (unpaired) electrons. The van der Waals surface area contributed by atoms with Gasteiger partial charge < -0.3 is 9.47 Å². The Morgan fingerprint density at radius 3 is 2.43 bits per heavy atom. The molecule has 0 aromatic carbocycles. The molecule has 1 aromatic rings. The third-order valence-corrected chi connectivity index (χ3v) is 3.62. The number of hydrogen-bond acceptors (Lipinski definition) is 3. The predicted octanol–water partition coefficient (Wildman–Crippen LogP) is 1.13. The van der Waals surface area contributed by atoms with E-state index in [-0.39, 0.29) is 16.5 Å². The SMILES string of the molecule is CC(C)CN(C)C(=O)c1cc(S(N)(=O)=O)cn1CC(F)F. The van der Waals surface area contributed by atoms with Crippen LogP contribution in [0.4, 0.5) is 8.78 Å². The largest absolute Gasteiger partial charge is 0.340 e. The van der Waals surface area contributed by atoms with Crippen molar-refractivity contribution in [2.24, 2.45) is 11.1 Å². The van der Waals surface area contributed by atoms with Gasteiger partial charge in [-0.15, -0.1) is 0 Å². The lowest BCUT2D eigenvalue weighted by molar-refractivity contribution is 0.0758. The molecule has 2 N–H and O–H groups in total. The molecule has 9 heteroatoms. The van der Waals surface area contributed by atoms with Gasteiger partial charge in [-0.3, -0.25) is 4.79 Å². The van der Waals surface area contributed by atoms with E-state index in [2.05, 4.69) is 0 Å². The molecule has 1 aromatic heterocycles. The van der Waals surface area contributed by atoms with Crippen LogP contribution in [0.15, 0.2) is 17.2 Å². The molecule has 0 aliphatic heterocycles. The number of sulfonamides is 1. The van der Waals surface area contributed by atoms with Crippen molar-refractivity contribution in [1.29, 1.82) is 0 Å². The van der Waals surface area contributed by atoms with E-state index in [1.165, 1.54) is 11.9 Å². The maximum Gasteiger partial charge on any atom is 0.270 e. The molecule has 6 nitrogen and oxygen atoms in total. The highest BCUT2D eigenvalue weighted by Gasteiger charge is 2.23. The lowest BCUT2D eigenvalue weighted by atomic mass is 10.2. The third kappa shape index (κ3) is 4.78. The smallest absolute Gasteiger partial charge is 0.270 e. The minimum atomic E-state index is -4.06. The summed E-state index contributed by atoms with van der Waals surface area (Å²) in [7, 11) is -2.53. The van der Waals surface area contributed by atoms with Crippen LogP contribution in [-0.4, -0.2) is 43.8 Å². The van der Waals surface area contributed by atoms with Gasteiger partial charge in [-0.05, 0) is 12.0 Å². The van der Waals surface area contributed by atoms with Crippen LogP contribution >= 0.6 is 0 Å². The molecule has 0 spiro atoms. The van der Waals surface area contributed by atoms with Gasteiger partial charge in [-0.25, -0.2) is 22.3 Å². The second-order valence-corrected chi connectivity index (χ2v) is 6.79. The van der Waals surface area contributed by atoms with Crippen LogP contribution < -0.4 is 5.14 Å². The first-order chi connectivity index (χ1) is 9.52. The minimum Gasteiger partial charge on any atom is -0.340 e. The number of carbonyl (C=O) groups excluding carboxylic acids is 1. The van der Waals surface area contributed by atoms with Crippen LogP contribution in [0.1, 0.15) is 24.3 Å². The number of halogens is 2. The zero-order chi connectivity index (χ0) is 16.4. The second kappa shape index (κ2) is 6.52. The van der Waals surface area contributed by atoms with Gasteiger partial charge in [0.05, 0.1) is 6.54 Å². The van der Waals surface area contributed by atoms with E-state index in [4.69, 9.17) is 5.14 Å². The summed E-state index contributed by atoms with van der Waals surface area (Å²) >= 11 is 0. The number of carbonyl (C=O) groups is 1. The monoisotopic (exact) mass is 323 g/mol. The third-order valence-electron chi connectivity index (χ3n) is 2.74. The van der Waals surface area contributed by atoms with Gasteiger partial charge >= 0.3 is 0 Å². The Morgan fingerprint density at radius 1 is 1.43 bits per heavy atom. The van der Waals surface area contributed by atoms with Gasteiger partial charge in [0.15, 0.2) is 0 Å². The zero-order valence-corrected chi connectivity index (χ0v) is 12.9. The summed E-state index contributed by atoms with van der Waals surface area (Å²) in [5, 5.41) is 4.97. The minimum absolute atomic E-state index is 0.123. The summed E-state index contributed by atoms with van der Waals surface area (Å²) in [5.41, 5.74) is -0.123. The first kappa shape index (κ1) is 17.6. The molecule has 1 heterocycles. The lowest BCUT2D eigenvalue weighted by Crippen LogP contribution is -2.32. The van der Waals surface area contributed by atoms with E-state index >= 15 is 0 Å². The second-order valence-electron chi connectivity index (χ2n) is 5.23. The molecule has 0 aliphatic rings. The molecular formula is C12H19F2N3O3S. The maximum absolute atomic E-state index is 12.6. The number of nitrogens with two attached hydrogens (primary N) is 1. The average Bonchev–Trinajstić information content (AvgIpc) is 2.69. The zero-order valence-electron chi connectivity index (χ0n) is 12.1. The van der Waals surface area contributed by atoms with Crippen molar-refractivity contribution in [3.8, 4) is 0 Å². The van der Waals surface area contributed by atoms with Crippen molar-refractivity contribution < 1.29 is 22.0 Å². The molecule has 0 saturated carbocycles. The predicted molar refractivity (Wildman–Crippen MR) is 73.6 cm³/mol. The molecule has 0 saturated heterocycles. The number of rotatable bonds is 6. The highest BCUT2D eigenvalue weighted by Crippen LogP contribution is 2.17. The Hall–Kier alpha value is -1.48. The lowest BCUT2D eigenvalue weighted by Gasteiger charge is -2.20. The molecule has 0 fully saturated rings. The van der Waals surface area contributed by atoms with Crippen LogP contribution in [0, 0.1) is 5.92 Å². The van der Waals surface area contributed by atoms with Crippen LogP contribution in [0.25, 0.3) is 0 Å². The molecule has 0 aliphatic carbocycles. The number of alkyl halides is 2. The standard InChI is InChI=1S/C12H19F2N3O3S/c1-8(2)5-16(3)12(18)10-4-9(21(15,19)20)6-17(10)7-11(13)14/h4,6,8,11H,5,7H2,1-3H3,(H2,15,19,20). The Balaban J connectivity index is 3.20. The quantitative estimate of drug-likeness (QED) is 0.851. The average molecular weight is 323 g/mol. The molecular weight excluding hydrogens is 304 g/mol. The Labute approximate surface area is 122 Å². The molecule has 120 valence electrons. The first-order valence-corrected chi connectivity index (χ1v) is 7.83. The van der Waals surface area contributed by atoms with Crippen LogP contribution in [-0.2, 0) is 16.6 Å². The van der Waals surface area contributed by atoms with E-state index in [1.54, 1.807) is 0 Å². The normalized spacial score (nSPS) is 12.2. The van der Waals surface area contributed by atoms with Crippen molar-refractivity contribution in [2.75, 3.05) is 13.6 Å². The number of aromatic nitrogens is 1. The van der Waals surface area contributed by atoms with Crippen LogP contribution in [0.2, 0.25) is 0 Å². The van der Waals surface area contributed by atoms with Crippen molar-refractivity contribution in [3.63, 3.8) is 0 Å². The van der Waals surface area contributed by atoms with Crippen molar-refractivity contribution in [3.05, 3.63) is 18.0 Å². The number of nitrogens with zero attached hydrogens (tertiary/aromatic N) is 2. The van der Waals surface area contributed by atoms with E-state index < -0.39 is 28.9 Å². The first-order valence-electron chi connectivity index (χ1n) is 6.29. The summed E-state index contributed by atoms with van der Waals surface area (Å²) in [6.45, 7) is 3.45. The Kier molecular flexibility index (Phi) is 5.46. The fourth-order valence-electron chi connectivity index (χ4n) is 1.94. The molecule has 0 unspecified atom stereocenters. The van der Waals surface area contributed by atoms with E-state index in [9.17, 15) is 22.0 Å². The van der Waals surface area contributed by atoms with E-state index in [0.717, 1.165) is 16.8 Å². The summed E-state index contributed by atoms with van der Waals surface area (Å²) in [6.07, 6.45) is -1.76. The number of primary sulfonamides is 1. The van der Waals surface area contributed by atoms with Gasteiger partial charge in [0.2, 0.25) is 10.0 Å². The molecule has 1 amide bonds. The molecule has 0 atom stereocenters. The topological polar surface area (TPSA) is 85.4 Å². The number of hydrogen-bond donors (Lipinski definition) is 1. The van der Waals surface area contributed by atoms with E-state index in [1.807, 2.05) is 13.8 Å². The highest BCUT2D eigenvalue weighted by molar-refractivity contribution is 7.89. The number of amides is 1. The summed E-state index contributed by atoms with van der Waals surface area (Å²) in [5.74, 6) is -0.338.